The molecule has 19 heavy (non-hydrogen) atoms. The average molecular weight is 321 g/mol. The smallest absolute Gasteiger partial charge is 0.0744 e. The number of ether oxygens (including phenoxy) is 1. The maximum absolute atomic E-state index is 5.24. The Kier molecular flexibility index (Phi) is 4.93. The van der Waals surface area contributed by atoms with Crippen LogP contribution in [-0.2, 0) is 17.9 Å². The number of halogens is 1. The number of rotatable bonds is 5. The molecule has 0 unspecified atom stereocenters. The van der Waals surface area contributed by atoms with Crippen molar-refractivity contribution in [2.24, 2.45) is 0 Å². The molecule has 0 saturated carbocycles. The van der Waals surface area contributed by atoms with Crippen molar-refractivity contribution in [1.82, 2.24) is 4.98 Å². The molecule has 0 aliphatic heterocycles. The summed E-state index contributed by atoms with van der Waals surface area (Å²) in [5.74, 6) is 0. The van der Waals surface area contributed by atoms with Crippen LogP contribution in [0.15, 0.2) is 41.0 Å². The Hall–Kier alpha value is -1.39. The minimum absolute atomic E-state index is 0.574. The average Bonchev–Trinajstić information content (AvgIpc) is 2.41. The van der Waals surface area contributed by atoms with Crippen LogP contribution in [0.25, 0.3) is 0 Å². The van der Waals surface area contributed by atoms with Gasteiger partial charge in [0.2, 0.25) is 0 Å². The van der Waals surface area contributed by atoms with Crippen LogP contribution >= 0.6 is 15.9 Å². The van der Waals surface area contributed by atoms with Gasteiger partial charge in [0.25, 0.3) is 0 Å². The third kappa shape index (κ3) is 3.55. The van der Waals surface area contributed by atoms with Crippen LogP contribution < -0.4 is 5.32 Å². The van der Waals surface area contributed by atoms with E-state index in [0.29, 0.717) is 13.2 Å². The summed E-state index contributed by atoms with van der Waals surface area (Å²) < 4.78 is 6.29. The number of nitrogens with zero attached hydrogens (tertiary/aromatic N) is 1. The van der Waals surface area contributed by atoms with Gasteiger partial charge in [0, 0.05) is 29.0 Å². The van der Waals surface area contributed by atoms with Crippen LogP contribution in [0.5, 0.6) is 0 Å². The second-order valence-corrected chi connectivity index (χ2v) is 5.17. The van der Waals surface area contributed by atoms with Crippen LogP contribution in [0.4, 0.5) is 5.69 Å². The summed E-state index contributed by atoms with van der Waals surface area (Å²) in [7, 11) is 1.70. The van der Waals surface area contributed by atoms with E-state index in [0.717, 1.165) is 21.4 Å². The number of hydrogen-bond donors (Lipinski definition) is 1. The van der Waals surface area contributed by atoms with Crippen LogP contribution in [0.2, 0.25) is 0 Å². The van der Waals surface area contributed by atoms with E-state index in [1.807, 2.05) is 24.4 Å². The summed E-state index contributed by atoms with van der Waals surface area (Å²) in [5, 5.41) is 3.42. The number of hydrogen-bond acceptors (Lipinski definition) is 3. The predicted molar refractivity (Wildman–Crippen MR) is 81.2 cm³/mol. The predicted octanol–water partition coefficient (Wildman–Crippen LogP) is 3.91. The fourth-order valence-electron chi connectivity index (χ4n) is 1.90. The monoisotopic (exact) mass is 320 g/mol. The minimum Gasteiger partial charge on any atom is -0.380 e. The SMILES string of the molecule is COCc1c(Br)cccc1NCc1ncccc1C. The molecule has 2 aromatic rings. The third-order valence-corrected chi connectivity index (χ3v) is 3.71. The van der Waals surface area contributed by atoms with Gasteiger partial charge in [0.15, 0.2) is 0 Å². The molecule has 0 amide bonds. The van der Waals surface area contributed by atoms with Crippen molar-refractivity contribution in [2.45, 2.75) is 20.1 Å². The Bertz CT molecular complexity index is 558. The molecule has 0 aliphatic carbocycles. The summed E-state index contributed by atoms with van der Waals surface area (Å²) in [6, 6.07) is 10.1. The molecular weight excluding hydrogens is 304 g/mol. The molecule has 0 radical (unpaired) electrons. The molecule has 0 spiro atoms. The van der Waals surface area contributed by atoms with E-state index in [1.54, 1.807) is 7.11 Å². The van der Waals surface area contributed by atoms with Gasteiger partial charge in [-0.05, 0) is 30.7 Å². The third-order valence-electron chi connectivity index (χ3n) is 2.97. The molecule has 2 rings (SSSR count). The lowest BCUT2D eigenvalue weighted by atomic mass is 10.1. The highest BCUT2D eigenvalue weighted by Gasteiger charge is 2.07. The molecule has 0 saturated heterocycles. The highest BCUT2D eigenvalue weighted by molar-refractivity contribution is 9.10. The van der Waals surface area contributed by atoms with Crippen LogP contribution in [0.1, 0.15) is 16.8 Å². The molecule has 0 fully saturated rings. The van der Waals surface area contributed by atoms with Crippen molar-refractivity contribution in [3.8, 4) is 0 Å². The van der Waals surface area contributed by atoms with Crippen molar-refractivity contribution in [3.63, 3.8) is 0 Å². The first-order valence-electron chi connectivity index (χ1n) is 6.13. The number of nitrogens with one attached hydrogen (secondary N) is 1. The molecule has 1 aromatic carbocycles. The standard InChI is InChI=1S/C15H17BrN2O/c1-11-5-4-8-17-15(11)9-18-14-7-3-6-13(16)12(14)10-19-2/h3-8,18H,9-10H2,1-2H3. The van der Waals surface area contributed by atoms with Crippen molar-refractivity contribution in [1.29, 1.82) is 0 Å². The molecule has 0 bridgehead atoms. The normalized spacial score (nSPS) is 10.5. The van der Waals surface area contributed by atoms with Crippen LogP contribution in [0, 0.1) is 6.92 Å². The van der Waals surface area contributed by atoms with Gasteiger partial charge in [0.1, 0.15) is 0 Å². The van der Waals surface area contributed by atoms with Gasteiger partial charge >= 0.3 is 0 Å². The van der Waals surface area contributed by atoms with Crippen LogP contribution in [0.3, 0.4) is 0 Å². The van der Waals surface area contributed by atoms with E-state index < -0.39 is 0 Å². The summed E-state index contributed by atoms with van der Waals surface area (Å²) in [4.78, 5) is 4.39. The first kappa shape index (κ1) is 14.0. The molecule has 3 nitrogen and oxygen atoms in total. The minimum atomic E-state index is 0.574. The number of anilines is 1. The second-order valence-electron chi connectivity index (χ2n) is 4.32. The van der Waals surface area contributed by atoms with Gasteiger partial charge in [-0.2, -0.15) is 0 Å². The van der Waals surface area contributed by atoms with E-state index in [4.69, 9.17) is 4.74 Å². The fraction of sp³-hybridized carbons (Fsp3) is 0.267. The molecule has 1 heterocycles. The lowest BCUT2D eigenvalue weighted by molar-refractivity contribution is 0.185. The first-order valence-corrected chi connectivity index (χ1v) is 6.92. The summed E-state index contributed by atoms with van der Waals surface area (Å²) in [5.41, 5.74) is 4.45. The molecule has 0 aliphatic rings. The van der Waals surface area contributed by atoms with Gasteiger partial charge in [-0.15, -0.1) is 0 Å². The maximum atomic E-state index is 5.24. The number of benzene rings is 1. The summed E-state index contributed by atoms with van der Waals surface area (Å²) in [6.07, 6.45) is 1.82. The van der Waals surface area contributed by atoms with E-state index >= 15 is 0 Å². The maximum Gasteiger partial charge on any atom is 0.0744 e. The van der Waals surface area contributed by atoms with Gasteiger partial charge < -0.3 is 10.1 Å². The van der Waals surface area contributed by atoms with E-state index in [2.05, 4.69) is 45.3 Å². The Morgan fingerprint density at radius 2 is 2.11 bits per heavy atom. The molecule has 100 valence electrons. The Balaban J connectivity index is 2.16. The first-order chi connectivity index (χ1) is 9.22. The largest absolute Gasteiger partial charge is 0.380 e. The second kappa shape index (κ2) is 6.68. The van der Waals surface area contributed by atoms with E-state index in [9.17, 15) is 0 Å². The van der Waals surface area contributed by atoms with E-state index in [-0.39, 0.29) is 0 Å². The Labute approximate surface area is 122 Å². The lowest BCUT2D eigenvalue weighted by Crippen LogP contribution is -2.06. The summed E-state index contributed by atoms with van der Waals surface area (Å²) in [6.45, 7) is 3.35. The zero-order valence-electron chi connectivity index (χ0n) is 11.1. The molecule has 0 atom stereocenters. The van der Waals surface area contributed by atoms with Crippen molar-refractivity contribution >= 4 is 21.6 Å². The molecule has 1 aromatic heterocycles. The highest BCUT2D eigenvalue weighted by Crippen LogP contribution is 2.26. The quantitative estimate of drug-likeness (QED) is 0.906. The van der Waals surface area contributed by atoms with Gasteiger partial charge in [-0.25, -0.2) is 0 Å². The van der Waals surface area contributed by atoms with Crippen LogP contribution in [-0.4, -0.2) is 12.1 Å². The number of aryl methyl sites for hydroxylation is 1. The Morgan fingerprint density at radius 3 is 2.84 bits per heavy atom. The Morgan fingerprint density at radius 1 is 1.26 bits per heavy atom. The van der Waals surface area contributed by atoms with Crippen molar-refractivity contribution in [3.05, 3.63) is 57.8 Å². The van der Waals surface area contributed by atoms with Gasteiger partial charge in [-0.3, -0.25) is 4.98 Å². The molecule has 1 N–H and O–H groups in total. The number of aromatic nitrogens is 1. The summed E-state index contributed by atoms with van der Waals surface area (Å²) >= 11 is 3.55. The molecular formula is C15H17BrN2O. The highest BCUT2D eigenvalue weighted by atomic mass is 79.9. The van der Waals surface area contributed by atoms with Gasteiger partial charge in [0.05, 0.1) is 18.8 Å². The topological polar surface area (TPSA) is 34.1 Å². The van der Waals surface area contributed by atoms with E-state index in [1.165, 1.54) is 5.56 Å². The van der Waals surface area contributed by atoms with Crippen molar-refractivity contribution in [2.75, 3.05) is 12.4 Å². The lowest BCUT2D eigenvalue weighted by Gasteiger charge is -2.13. The van der Waals surface area contributed by atoms with Gasteiger partial charge in [-0.1, -0.05) is 28.1 Å². The molecule has 4 heteroatoms. The number of pyridine rings is 1. The van der Waals surface area contributed by atoms with Crippen molar-refractivity contribution < 1.29 is 4.74 Å². The number of methoxy groups -OCH3 is 1. The zero-order chi connectivity index (χ0) is 13.7. The zero-order valence-corrected chi connectivity index (χ0v) is 12.7. The fourth-order valence-corrected chi connectivity index (χ4v) is 2.38.